The Morgan fingerprint density at radius 2 is 1.85 bits per heavy atom. The van der Waals surface area contributed by atoms with Gasteiger partial charge in [0.1, 0.15) is 11.4 Å². The van der Waals surface area contributed by atoms with Gasteiger partial charge in [0, 0.05) is 17.3 Å². The van der Waals surface area contributed by atoms with Crippen LogP contribution < -0.4 is 15.4 Å². The Balaban J connectivity index is 1.74. The van der Waals surface area contributed by atoms with Gasteiger partial charge < -0.3 is 15.4 Å². The molecule has 1 aromatic heterocycles. The quantitative estimate of drug-likeness (QED) is 0.664. The highest BCUT2D eigenvalue weighted by Gasteiger charge is 2.13. The number of anilines is 2. The number of aromatic nitrogens is 2. The van der Waals surface area contributed by atoms with Gasteiger partial charge in [-0.25, -0.2) is 9.97 Å². The topological polar surface area (TPSA) is 76.1 Å². The minimum atomic E-state index is -0.334. The number of hydrogen-bond acceptors (Lipinski definition) is 5. The van der Waals surface area contributed by atoms with Crippen LogP contribution in [0.1, 0.15) is 21.7 Å². The highest BCUT2D eigenvalue weighted by atomic mass is 35.5. The minimum Gasteiger partial charge on any atom is -0.495 e. The summed E-state index contributed by atoms with van der Waals surface area (Å²) in [6.07, 6.45) is 0. The van der Waals surface area contributed by atoms with Crippen molar-refractivity contribution in [2.75, 3.05) is 17.7 Å². The van der Waals surface area contributed by atoms with Gasteiger partial charge >= 0.3 is 0 Å². The summed E-state index contributed by atoms with van der Waals surface area (Å²) in [7, 11) is 1.55. The second kappa shape index (κ2) is 8.51. The summed E-state index contributed by atoms with van der Waals surface area (Å²) < 4.78 is 5.26. The molecule has 0 saturated carbocycles. The number of halogens is 1. The molecule has 2 aromatic carbocycles. The Morgan fingerprint density at radius 1 is 1.11 bits per heavy atom. The van der Waals surface area contributed by atoms with E-state index in [0.717, 1.165) is 5.56 Å². The van der Waals surface area contributed by atoms with Crippen molar-refractivity contribution >= 4 is 29.1 Å². The monoisotopic (exact) mass is 382 g/mol. The van der Waals surface area contributed by atoms with Gasteiger partial charge in [-0.1, -0.05) is 35.9 Å². The predicted molar refractivity (Wildman–Crippen MR) is 106 cm³/mol. The van der Waals surface area contributed by atoms with E-state index in [1.807, 2.05) is 43.3 Å². The van der Waals surface area contributed by atoms with E-state index in [4.69, 9.17) is 16.3 Å². The molecule has 1 heterocycles. The van der Waals surface area contributed by atoms with E-state index < -0.39 is 0 Å². The largest absolute Gasteiger partial charge is 0.495 e. The average molecular weight is 383 g/mol. The van der Waals surface area contributed by atoms with Crippen LogP contribution in [0.3, 0.4) is 0 Å². The van der Waals surface area contributed by atoms with Crippen LogP contribution in [0.5, 0.6) is 5.75 Å². The highest BCUT2D eigenvalue weighted by Crippen LogP contribution is 2.23. The van der Waals surface area contributed by atoms with Crippen LogP contribution >= 0.6 is 11.6 Å². The molecule has 138 valence electrons. The van der Waals surface area contributed by atoms with Crippen molar-refractivity contribution in [2.24, 2.45) is 0 Å². The lowest BCUT2D eigenvalue weighted by molar-refractivity contribution is 0.102. The number of ether oxygens (including phenoxy) is 1. The number of rotatable bonds is 6. The number of carbonyl (C=O) groups excluding carboxylic acids is 1. The SMILES string of the molecule is COc1ccccc1NC(=O)c1cc(C)nc(NCc2ccc(Cl)cc2)n1. The van der Waals surface area contributed by atoms with Gasteiger partial charge in [0.2, 0.25) is 5.95 Å². The number of nitrogens with one attached hydrogen (secondary N) is 2. The first-order chi connectivity index (χ1) is 13.0. The number of amides is 1. The summed E-state index contributed by atoms with van der Waals surface area (Å²) in [5, 5.41) is 6.63. The Labute approximate surface area is 162 Å². The van der Waals surface area contributed by atoms with Gasteiger partial charge in [0.05, 0.1) is 12.8 Å². The molecule has 3 rings (SSSR count). The van der Waals surface area contributed by atoms with Gasteiger partial charge in [-0.15, -0.1) is 0 Å². The summed E-state index contributed by atoms with van der Waals surface area (Å²) in [6.45, 7) is 2.34. The molecular weight excluding hydrogens is 364 g/mol. The molecule has 0 atom stereocenters. The summed E-state index contributed by atoms with van der Waals surface area (Å²) in [6, 6.07) is 16.3. The number of aryl methyl sites for hydroxylation is 1. The molecule has 2 N–H and O–H groups in total. The van der Waals surface area contributed by atoms with Gasteiger partial charge in [-0.2, -0.15) is 0 Å². The number of carbonyl (C=O) groups is 1. The van der Waals surface area contributed by atoms with E-state index in [0.29, 0.717) is 34.6 Å². The molecule has 0 bridgehead atoms. The first-order valence-electron chi connectivity index (χ1n) is 8.33. The molecule has 0 aliphatic carbocycles. The molecule has 27 heavy (non-hydrogen) atoms. The highest BCUT2D eigenvalue weighted by molar-refractivity contribution is 6.30. The van der Waals surface area contributed by atoms with Crippen molar-refractivity contribution in [3.8, 4) is 5.75 Å². The molecule has 0 saturated heterocycles. The average Bonchev–Trinajstić information content (AvgIpc) is 2.67. The normalized spacial score (nSPS) is 10.3. The van der Waals surface area contributed by atoms with Gasteiger partial charge in [0.25, 0.3) is 5.91 Å². The maximum atomic E-state index is 12.6. The van der Waals surface area contributed by atoms with Crippen molar-refractivity contribution in [1.29, 1.82) is 0 Å². The van der Waals surface area contributed by atoms with Crippen molar-refractivity contribution in [2.45, 2.75) is 13.5 Å². The molecule has 0 aliphatic rings. The van der Waals surface area contributed by atoms with Crippen LogP contribution in [0, 0.1) is 6.92 Å². The summed E-state index contributed by atoms with van der Waals surface area (Å²) in [5.74, 6) is 0.632. The first-order valence-corrected chi connectivity index (χ1v) is 8.71. The molecule has 0 radical (unpaired) electrons. The number of benzene rings is 2. The second-order valence-corrected chi connectivity index (χ2v) is 6.29. The number of methoxy groups -OCH3 is 1. The Hall–Kier alpha value is -3.12. The van der Waals surface area contributed by atoms with Crippen molar-refractivity contribution in [3.05, 3.63) is 76.6 Å². The third-order valence-corrected chi connectivity index (χ3v) is 4.06. The van der Waals surface area contributed by atoms with Crippen LogP contribution in [-0.2, 0) is 6.54 Å². The van der Waals surface area contributed by atoms with Crippen LogP contribution in [-0.4, -0.2) is 23.0 Å². The van der Waals surface area contributed by atoms with Crippen molar-refractivity contribution < 1.29 is 9.53 Å². The van der Waals surface area contributed by atoms with Crippen LogP contribution in [0.2, 0.25) is 5.02 Å². The van der Waals surface area contributed by atoms with E-state index in [2.05, 4.69) is 20.6 Å². The molecule has 0 spiro atoms. The Kier molecular flexibility index (Phi) is 5.88. The van der Waals surface area contributed by atoms with E-state index in [9.17, 15) is 4.79 Å². The Morgan fingerprint density at radius 3 is 2.59 bits per heavy atom. The number of para-hydroxylation sites is 2. The minimum absolute atomic E-state index is 0.270. The summed E-state index contributed by atoms with van der Waals surface area (Å²) in [4.78, 5) is 21.3. The smallest absolute Gasteiger partial charge is 0.274 e. The molecular formula is C20H19ClN4O2. The fraction of sp³-hybridized carbons (Fsp3) is 0.150. The lowest BCUT2D eigenvalue weighted by Gasteiger charge is -2.11. The van der Waals surface area contributed by atoms with E-state index >= 15 is 0 Å². The molecule has 0 fully saturated rings. The lowest BCUT2D eigenvalue weighted by atomic mass is 10.2. The third-order valence-electron chi connectivity index (χ3n) is 3.81. The molecule has 0 aliphatic heterocycles. The van der Waals surface area contributed by atoms with Crippen molar-refractivity contribution in [3.63, 3.8) is 0 Å². The van der Waals surface area contributed by atoms with Crippen LogP contribution in [0.25, 0.3) is 0 Å². The zero-order valence-corrected chi connectivity index (χ0v) is 15.7. The fourth-order valence-electron chi connectivity index (χ4n) is 2.48. The van der Waals surface area contributed by atoms with Crippen LogP contribution in [0.4, 0.5) is 11.6 Å². The summed E-state index contributed by atoms with van der Waals surface area (Å²) >= 11 is 5.89. The molecule has 3 aromatic rings. The Bertz CT molecular complexity index is 945. The van der Waals surface area contributed by atoms with E-state index in [-0.39, 0.29) is 11.6 Å². The first kappa shape index (κ1) is 18.7. The standard InChI is InChI=1S/C20H19ClN4O2/c1-13-11-17(19(26)24-16-5-3-4-6-18(16)27-2)25-20(23-13)22-12-14-7-9-15(21)10-8-14/h3-11H,12H2,1-2H3,(H,24,26)(H,22,23,25). The lowest BCUT2D eigenvalue weighted by Crippen LogP contribution is -2.16. The molecule has 7 heteroatoms. The number of hydrogen-bond donors (Lipinski definition) is 2. The number of nitrogens with zero attached hydrogens (tertiary/aromatic N) is 2. The molecule has 1 amide bonds. The van der Waals surface area contributed by atoms with E-state index in [1.165, 1.54) is 0 Å². The molecule has 6 nitrogen and oxygen atoms in total. The van der Waals surface area contributed by atoms with Gasteiger partial charge in [-0.05, 0) is 42.8 Å². The fourth-order valence-corrected chi connectivity index (χ4v) is 2.61. The van der Waals surface area contributed by atoms with Crippen LogP contribution in [0.15, 0.2) is 54.6 Å². The zero-order chi connectivity index (χ0) is 19.2. The van der Waals surface area contributed by atoms with Crippen molar-refractivity contribution in [1.82, 2.24) is 9.97 Å². The van der Waals surface area contributed by atoms with Gasteiger partial charge in [0.15, 0.2) is 0 Å². The zero-order valence-electron chi connectivity index (χ0n) is 15.0. The third kappa shape index (κ3) is 4.95. The van der Waals surface area contributed by atoms with E-state index in [1.54, 1.807) is 25.3 Å². The van der Waals surface area contributed by atoms with Gasteiger partial charge in [-0.3, -0.25) is 4.79 Å². The maximum Gasteiger partial charge on any atom is 0.274 e. The summed E-state index contributed by atoms with van der Waals surface area (Å²) in [5.41, 5.74) is 2.57. The maximum absolute atomic E-state index is 12.6. The predicted octanol–water partition coefficient (Wildman–Crippen LogP) is 4.31. The second-order valence-electron chi connectivity index (χ2n) is 5.85. The molecule has 0 unspecified atom stereocenters.